The van der Waals surface area contributed by atoms with Crippen LogP contribution in [0.3, 0.4) is 0 Å². The lowest BCUT2D eigenvalue weighted by Crippen LogP contribution is -2.31. The maximum Gasteiger partial charge on any atom is 0.255 e. The van der Waals surface area contributed by atoms with E-state index < -0.39 is 6.04 Å². The van der Waals surface area contributed by atoms with Gasteiger partial charge in [-0.05, 0) is 65.7 Å². The lowest BCUT2D eigenvalue weighted by molar-refractivity contribution is -0.113. The van der Waals surface area contributed by atoms with Gasteiger partial charge in [-0.1, -0.05) is 59.2 Å². The molecule has 9 heteroatoms. The van der Waals surface area contributed by atoms with Gasteiger partial charge in [0.2, 0.25) is 5.95 Å². The van der Waals surface area contributed by atoms with Crippen LogP contribution in [0, 0.1) is 6.92 Å². The molecule has 8 nitrogen and oxygen atoms in total. The van der Waals surface area contributed by atoms with E-state index in [1.807, 2.05) is 86.6 Å². The molecule has 0 saturated carbocycles. The number of nitrogens with one attached hydrogen (secondary N) is 2. The lowest BCUT2D eigenvalue weighted by atomic mass is 9.94. The largest absolute Gasteiger partial charge is 0.489 e. The molecule has 0 bridgehead atoms. The van der Waals surface area contributed by atoms with Crippen LogP contribution in [-0.4, -0.2) is 26.1 Å². The Hall–Kier alpha value is -4.17. The fourth-order valence-electron chi connectivity index (χ4n) is 4.09. The summed E-state index contributed by atoms with van der Waals surface area (Å²) in [4.78, 5) is 13.5. The lowest BCUT2D eigenvalue weighted by Gasteiger charge is -2.28. The summed E-state index contributed by atoms with van der Waals surface area (Å²) >= 11 is 6.27. The molecule has 35 heavy (non-hydrogen) atoms. The fraction of sp³-hybridized carbons (Fsp3) is 0.154. The number of benzene rings is 3. The summed E-state index contributed by atoms with van der Waals surface area (Å²) < 4.78 is 7.63. The number of carbonyl (C=O) groups excluding carboxylic acids is 1. The van der Waals surface area contributed by atoms with Crippen molar-refractivity contribution in [3.05, 3.63) is 106 Å². The molecular formula is C26H23ClN6O2. The molecule has 2 heterocycles. The first-order valence-electron chi connectivity index (χ1n) is 11.1. The first-order valence-corrected chi connectivity index (χ1v) is 11.5. The zero-order valence-electron chi connectivity index (χ0n) is 19.2. The number of aromatic nitrogens is 4. The van der Waals surface area contributed by atoms with Crippen molar-refractivity contribution < 1.29 is 9.53 Å². The fourth-order valence-corrected chi connectivity index (χ4v) is 4.28. The van der Waals surface area contributed by atoms with Gasteiger partial charge < -0.3 is 15.4 Å². The smallest absolute Gasteiger partial charge is 0.255 e. The number of halogens is 1. The van der Waals surface area contributed by atoms with Gasteiger partial charge in [-0.2, -0.15) is 4.68 Å². The topological polar surface area (TPSA) is 94.0 Å². The van der Waals surface area contributed by atoms with Crippen LogP contribution in [0.2, 0.25) is 5.02 Å². The summed E-state index contributed by atoms with van der Waals surface area (Å²) in [5.41, 5.74) is 4.65. The molecule has 2 N–H and O–H groups in total. The van der Waals surface area contributed by atoms with E-state index in [0.717, 1.165) is 16.7 Å². The Bertz CT molecular complexity index is 1430. The molecule has 5 rings (SSSR count). The number of amides is 1. The molecule has 1 aliphatic heterocycles. The average Bonchev–Trinajstić information content (AvgIpc) is 3.31. The van der Waals surface area contributed by atoms with Gasteiger partial charge in [0.15, 0.2) is 0 Å². The Labute approximate surface area is 207 Å². The molecule has 176 valence electrons. The second-order valence-corrected chi connectivity index (χ2v) is 8.70. The molecule has 1 aromatic heterocycles. The van der Waals surface area contributed by atoms with Gasteiger partial charge in [0, 0.05) is 22.0 Å². The van der Waals surface area contributed by atoms with Crippen LogP contribution in [-0.2, 0) is 11.4 Å². The van der Waals surface area contributed by atoms with E-state index in [2.05, 4.69) is 26.2 Å². The van der Waals surface area contributed by atoms with Gasteiger partial charge in [0.05, 0.1) is 5.57 Å². The highest BCUT2D eigenvalue weighted by Crippen LogP contribution is 2.36. The van der Waals surface area contributed by atoms with Crippen LogP contribution in [0.5, 0.6) is 5.75 Å². The monoisotopic (exact) mass is 486 g/mol. The van der Waals surface area contributed by atoms with Crippen molar-refractivity contribution in [2.24, 2.45) is 0 Å². The van der Waals surface area contributed by atoms with E-state index in [0.29, 0.717) is 40.3 Å². The standard InChI is InChI=1S/C26H23ClN6O2/c1-16-7-5-10-20(13-16)29-25(34)23-17(2)28-26-30-31-32-33(26)24(23)18-9-6-11-21(14-18)35-15-19-8-3-4-12-22(19)27/h3-14,24H,15H2,1-2H3,(H,29,34)(H,28,30,32). The van der Waals surface area contributed by atoms with Crippen molar-refractivity contribution in [1.29, 1.82) is 0 Å². The van der Waals surface area contributed by atoms with Crippen LogP contribution < -0.4 is 15.4 Å². The molecular weight excluding hydrogens is 464 g/mol. The summed E-state index contributed by atoms with van der Waals surface area (Å²) in [6.07, 6.45) is 0. The average molecular weight is 487 g/mol. The number of anilines is 2. The summed E-state index contributed by atoms with van der Waals surface area (Å²) in [6.45, 7) is 4.14. The van der Waals surface area contributed by atoms with Crippen LogP contribution in [0.15, 0.2) is 84.1 Å². The molecule has 1 aliphatic rings. The molecule has 1 atom stereocenters. The van der Waals surface area contributed by atoms with Crippen molar-refractivity contribution >= 4 is 29.1 Å². The van der Waals surface area contributed by atoms with Gasteiger partial charge in [-0.25, -0.2) is 0 Å². The van der Waals surface area contributed by atoms with Gasteiger partial charge >= 0.3 is 0 Å². The number of tetrazole rings is 1. The highest BCUT2D eigenvalue weighted by atomic mass is 35.5. The van der Waals surface area contributed by atoms with Gasteiger partial charge in [0.25, 0.3) is 5.91 Å². The Balaban J connectivity index is 1.47. The normalized spacial score (nSPS) is 14.8. The third-order valence-electron chi connectivity index (χ3n) is 5.76. The van der Waals surface area contributed by atoms with Gasteiger partial charge in [-0.3, -0.25) is 4.79 Å². The molecule has 0 saturated heterocycles. The van der Waals surface area contributed by atoms with Crippen LogP contribution in [0.1, 0.15) is 29.7 Å². The van der Waals surface area contributed by atoms with Crippen LogP contribution in [0.25, 0.3) is 0 Å². The number of carbonyl (C=O) groups is 1. The summed E-state index contributed by atoms with van der Waals surface area (Å²) in [6, 6.07) is 22.2. The number of aryl methyl sites for hydroxylation is 1. The Kier molecular flexibility index (Phi) is 6.20. The van der Waals surface area contributed by atoms with Crippen molar-refractivity contribution in [1.82, 2.24) is 20.2 Å². The molecule has 3 aromatic carbocycles. The van der Waals surface area contributed by atoms with E-state index in [1.165, 1.54) is 0 Å². The van der Waals surface area contributed by atoms with Gasteiger partial charge in [-0.15, -0.1) is 0 Å². The molecule has 1 unspecified atom stereocenters. The molecule has 0 fully saturated rings. The summed E-state index contributed by atoms with van der Waals surface area (Å²) in [5, 5.41) is 18.8. The highest BCUT2D eigenvalue weighted by molar-refractivity contribution is 6.31. The molecule has 1 amide bonds. The summed E-state index contributed by atoms with van der Waals surface area (Å²) in [5.74, 6) is 0.864. The first-order chi connectivity index (χ1) is 17.0. The summed E-state index contributed by atoms with van der Waals surface area (Å²) in [7, 11) is 0. The van der Waals surface area contributed by atoms with E-state index in [1.54, 1.807) is 4.68 Å². The van der Waals surface area contributed by atoms with E-state index in [9.17, 15) is 4.79 Å². The molecule has 0 aliphatic carbocycles. The first kappa shape index (κ1) is 22.6. The minimum atomic E-state index is -0.546. The second kappa shape index (κ2) is 9.60. The van der Waals surface area contributed by atoms with Crippen LogP contribution >= 0.6 is 11.6 Å². The van der Waals surface area contributed by atoms with E-state index >= 15 is 0 Å². The number of allylic oxidation sites excluding steroid dienone is 1. The van der Waals surface area contributed by atoms with Gasteiger partial charge in [0.1, 0.15) is 18.4 Å². The maximum absolute atomic E-state index is 13.5. The molecule has 4 aromatic rings. The predicted octanol–water partition coefficient (Wildman–Crippen LogP) is 5.14. The molecule has 0 spiro atoms. The maximum atomic E-state index is 13.5. The number of hydrogen-bond donors (Lipinski definition) is 2. The number of rotatable bonds is 6. The Morgan fingerprint density at radius 2 is 1.91 bits per heavy atom. The van der Waals surface area contributed by atoms with E-state index in [4.69, 9.17) is 16.3 Å². The minimum Gasteiger partial charge on any atom is -0.489 e. The van der Waals surface area contributed by atoms with Crippen molar-refractivity contribution in [2.75, 3.05) is 10.6 Å². The predicted molar refractivity (Wildman–Crippen MR) is 134 cm³/mol. The quantitative estimate of drug-likeness (QED) is 0.392. The van der Waals surface area contributed by atoms with Crippen molar-refractivity contribution in [3.8, 4) is 5.75 Å². The third-order valence-corrected chi connectivity index (χ3v) is 6.13. The van der Waals surface area contributed by atoms with Crippen molar-refractivity contribution in [3.63, 3.8) is 0 Å². The zero-order valence-corrected chi connectivity index (χ0v) is 20.0. The third kappa shape index (κ3) is 4.74. The minimum absolute atomic E-state index is 0.242. The Morgan fingerprint density at radius 1 is 1.09 bits per heavy atom. The van der Waals surface area contributed by atoms with E-state index in [-0.39, 0.29) is 5.91 Å². The van der Waals surface area contributed by atoms with Crippen molar-refractivity contribution in [2.45, 2.75) is 26.5 Å². The number of nitrogens with zero attached hydrogens (tertiary/aromatic N) is 4. The number of hydrogen-bond acceptors (Lipinski definition) is 6. The number of fused-ring (bicyclic) bond motifs is 1. The highest BCUT2D eigenvalue weighted by Gasteiger charge is 2.34. The SMILES string of the molecule is CC1=C(C(=O)Nc2cccc(C)c2)C(c2cccc(OCc3ccccc3Cl)c2)n2nnnc2N1. The Morgan fingerprint density at radius 3 is 2.74 bits per heavy atom. The molecule has 0 radical (unpaired) electrons. The van der Waals surface area contributed by atoms with Crippen LogP contribution in [0.4, 0.5) is 11.6 Å². The zero-order chi connectivity index (χ0) is 24.4. The second-order valence-electron chi connectivity index (χ2n) is 8.29. The number of ether oxygens (including phenoxy) is 1.